The van der Waals surface area contributed by atoms with E-state index in [1.165, 1.54) is 12.0 Å². The van der Waals surface area contributed by atoms with E-state index in [2.05, 4.69) is 15.6 Å². The number of anilines is 2. The summed E-state index contributed by atoms with van der Waals surface area (Å²) in [6.07, 6.45) is 7.88. The van der Waals surface area contributed by atoms with Crippen molar-refractivity contribution in [3.63, 3.8) is 0 Å². The molecule has 2 N–H and O–H groups in total. The van der Waals surface area contributed by atoms with Crippen LogP contribution in [0.4, 0.5) is 17.1 Å². The van der Waals surface area contributed by atoms with Gasteiger partial charge in [0.15, 0.2) is 11.5 Å². The van der Waals surface area contributed by atoms with Gasteiger partial charge in [-0.15, -0.1) is 0 Å². The second-order valence-electron chi connectivity index (χ2n) is 12.7. The van der Waals surface area contributed by atoms with Crippen molar-refractivity contribution in [3.05, 3.63) is 77.9 Å². The molecular weight excluding hydrogens is 638 g/mol. The van der Waals surface area contributed by atoms with Gasteiger partial charge in [0.25, 0.3) is 17.7 Å². The number of fused-ring (bicyclic) bond motifs is 2. The molecule has 1 saturated heterocycles. The average Bonchev–Trinajstić information content (AvgIpc) is 3.81. The molecule has 2 aliphatic rings. The summed E-state index contributed by atoms with van der Waals surface area (Å²) in [7, 11) is 8.52. The highest BCUT2D eigenvalue weighted by Crippen LogP contribution is 2.38. The fraction of sp³-hybridized carbons (Fsp3) is 0.324. The van der Waals surface area contributed by atoms with Gasteiger partial charge in [-0.2, -0.15) is 0 Å². The monoisotopic (exact) mass is 679 g/mol. The molecule has 0 saturated carbocycles. The Labute approximate surface area is 290 Å². The van der Waals surface area contributed by atoms with Crippen LogP contribution in [0.25, 0.3) is 11.1 Å². The molecule has 0 bridgehead atoms. The maximum Gasteiger partial charge on any atom is 0.272 e. The predicted octanol–water partition coefficient (Wildman–Crippen LogP) is 5.11. The third-order valence-corrected chi connectivity index (χ3v) is 8.89. The van der Waals surface area contributed by atoms with Crippen LogP contribution in [0.15, 0.2) is 65.9 Å². The van der Waals surface area contributed by atoms with Crippen LogP contribution in [-0.2, 0) is 18.9 Å². The van der Waals surface area contributed by atoms with E-state index in [0.717, 1.165) is 24.0 Å². The van der Waals surface area contributed by atoms with Crippen molar-refractivity contribution in [1.82, 2.24) is 18.9 Å². The minimum atomic E-state index is -0.325. The van der Waals surface area contributed by atoms with E-state index in [1.807, 2.05) is 42.6 Å². The summed E-state index contributed by atoms with van der Waals surface area (Å²) in [6.45, 7) is 0.958. The van der Waals surface area contributed by atoms with E-state index >= 15 is 0 Å². The van der Waals surface area contributed by atoms with Crippen LogP contribution in [0.2, 0.25) is 0 Å². The smallest absolute Gasteiger partial charge is 0.272 e. The number of rotatable bonds is 11. The topological polar surface area (TPSA) is 139 Å². The van der Waals surface area contributed by atoms with Gasteiger partial charge in [-0.25, -0.2) is 0 Å². The summed E-state index contributed by atoms with van der Waals surface area (Å²) < 4.78 is 14.9. The van der Waals surface area contributed by atoms with Crippen LogP contribution in [0.1, 0.15) is 57.0 Å². The number of amides is 4. The number of nitrogens with one attached hydrogen (secondary N) is 2. The number of aliphatic imine (C=N–C) groups is 1. The number of methoxy groups -OCH3 is 1. The zero-order valence-electron chi connectivity index (χ0n) is 28.9. The Bertz CT molecular complexity index is 1970. The van der Waals surface area contributed by atoms with Crippen molar-refractivity contribution in [1.29, 1.82) is 0 Å². The lowest BCUT2D eigenvalue weighted by molar-refractivity contribution is -0.116. The van der Waals surface area contributed by atoms with E-state index < -0.39 is 0 Å². The van der Waals surface area contributed by atoms with Crippen LogP contribution in [-0.4, -0.2) is 89.2 Å². The van der Waals surface area contributed by atoms with E-state index in [0.29, 0.717) is 58.5 Å². The summed E-state index contributed by atoms with van der Waals surface area (Å²) >= 11 is 0. The van der Waals surface area contributed by atoms with E-state index in [1.54, 1.807) is 66.8 Å². The molecule has 0 aliphatic carbocycles. The summed E-state index contributed by atoms with van der Waals surface area (Å²) in [5.74, 6) is 0.205. The number of hydrogen-bond donors (Lipinski definition) is 2. The van der Waals surface area contributed by atoms with Crippen LogP contribution in [0, 0.1) is 0 Å². The normalized spacial score (nSPS) is 14.9. The average molecular weight is 680 g/mol. The number of aromatic nitrogens is 2. The van der Waals surface area contributed by atoms with Crippen molar-refractivity contribution in [3.8, 4) is 22.6 Å². The number of nitrogens with zero attached hydrogens (tertiary/aromatic N) is 5. The van der Waals surface area contributed by atoms with Gasteiger partial charge in [0, 0.05) is 77.1 Å². The molecule has 1 atom stereocenters. The lowest BCUT2D eigenvalue weighted by Crippen LogP contribution is -2.35. The van der Waals surface area contributed by atoms with E-state index in [4.69, 9.17) is 9.47 Å². The molecule has 2 aromatic carbocycles. The van der Waals surface area contributed by atoms with Gasteiger partial charge in [0.2, 0.25) is 5.91 Å². The van der Waals surface area contributed by atoms with Gasteiger partial charge in [0.05, 0.1) is 36.7 Å². The van der Waals surface area contributed by atoms with Gasteiger partial charge < -0.3 is 39.0 Å². The number of carbonyl (C=O) groups excluding carboxylic acids is 4. The minimum Gasteiger partial charge on any atom is -0.493 e. The molecule has 4 amide bonds. The lowest BCUT2D eigenvalue weighted by atomic mass is 10.1. The number of ether oxygens (including phenoxy) is 2. The minimum absolute atomic E-state index is 0.00867. The largest absolute Gasteiger partial charge is 0.493 e. The van der Waals surface area contributed by atoms with E-state index in [-0.39, 0.29) is 42.7 Å². The highest BCUT2D eigenvalue weighted by Gasteiger charge is 2.32. The first-order valence-corrected chi connectivity index (χ1v) is 16.5. The summed E-state index contributed by atoms with van der Waals surface area (Å²) in [6, 6.07) is 14.2. The second-order valence-corrected chi connectivity index (χ2v) is 12.7. The fourth-order valence-corrected chi connectivity index (χ4v) is 6.22. The van der Waals surface area contributed by atoms with Gasteiger partial charge in [-0.3, -0.25) is 24.2 Å². The Kier molecular flexibility index (Phi) is 9.75. The first-order valence-electron chi connectivity index (χ1n) is 16.5. The number of hydrogen-bond acceptors (Lipinski definition) is 7. The first kappa shape index (κ1) is 34.0. The Balaban J connectivity index is 1.00. The SMILES string of the molecule is COc1cc2c(cc1OCCCC(=O)Nc1cc(C(=O)Nc3ccc(-c4cc(C(=O)N(C)C)n(C)c4)cc3)n(C)c1)N=CC1CCCN1C2=O. The zero-order valence-corrected chi connectivity index (χ0v) is 28.9. The van der Waals surface area contributed by atoms with Crippen molar-refractivity contribution in [2.24, 2.45) is 19.1 Å². The molecule has 2 aromatic heterocycles. The molecule has 13 heteroatoms. The molecule has 6 rings (SSSR count). The van der Waals surface area contributed by atoms with Crippen molar-refractivity contribution < 1.29 is 28.7 Å². The third kappa shape index (κ3) is 7.12. The third-order valence-electron chi connectivity index (χ3n) is 8.89. The number of aryl methyl sites for hydroxylation is 2. The van der Waals surface area contributed by atoms with Gasteiger partial charge >= 0.3 is 0 Å². The van der Waals surface area contributed by atoms with E-state index in [9.17, 15) is 19.2 Å². The highest BCUT2D eigenvalue weighted by molar-refractivity contribution is 6.05. The maximum atomic E-state index is 13.1. The molecule has 2 aliphatic heterocycles. The Morgan fingerprint density at radius 2 is 1.68 bits per heavy atom. The van der Waals surface area contributed by atoms with Gasteiger partial charge in [-0.1, -0.05) is 12.1 Å². The summed E-state index contributed by atoms with van der Waals surface area (Å²) in [4.78, 5) is 59.3. The van der Waals surface area contributed by atoms with Crippen LogP contribution in [0.5, 0.6) is 11.5 Å². The molecular formula is C37H41N7O6. The van der Waals surface area contributed by atoms with Crippen LogP contribution in [0.3, 0.4) is 0 Å². The maximum absolute atomic E-state index is 13.1. The fourth-order valence-electron chi connectivity index (χ4n) is 6.22. The number of benzene rings is 2. The zero-order chi connectivity index (χ0) is 35.5. The molecule has 50 heavy (non-hydrogen) atoms. The van der Waals surface area contributed by atoms with Crippen LogP contribution < -0.4 is 20.1 Å². The van der Waals surface area contributed by atoms with Gasteiger partial charge in [0.1, 0.15) is 11.4 Å². The lowest BCUT2D eigenvalue weighted by Gasteiger charge is -2.20. The molecule has 0 spiro atoms. The number of carbonyl (C=O) groups is 4. The summed E-state index contributed by atoms with van der Waals surface area (Å²) in [5, 5.41) is 5.75. The van der Waals surface area contributed by atoms with Crippen molar-refractivity contribution in [2.75, 3.05) is 45.0 Å². The van der Waals surface area contributed by atoms with Crippen molar-refractivity contribution >= 4 is 46.9 Å². The van der Waals surface area contributed by atoms with Crippen molar-refractivity contribution in [2.45, 2.75) is 31.7 Å². The Morgan fingerprint density at radius 3 is 2.42 bits per heavy atom. The quantitative estimate of drug-likeness (QED) is 0.211. The molecule has 13 nitrogen and oxygen atoms in total. The predicted molar refractivity (Wildman–Crippen MR) is 191 cm³/mol. The van der Waals surface area contributed by atoms with Crippen LogP contribution >= 0.6 is 0 Å². The molecule has 0 radical (unpaired) electrons. The summed E-state index contributed by atoms with van der Waals surface area (Å²) in [5.41, 5.74) is 4.90. The molecule has 260 valence electrons. The first-order chi connectivity index (χ1) is 24.0. The Hall–Kier alpha value is -5.85. The molecule has 1 unspecified atom stereocenters. The highest BCUT2D eigenvalue weighted by atomic mass is 16.5. The molecule has 1 fully saturated rings. The molecule has 4 heterocycles. The standard InChI is InChI=1S/C37H41N7O6/c1-41(2)37(48)31-16-24(21-42(31)3)23-10-12-25(13-11-23)40-35(46)30-17-26(22-43(30)4)39-34(45)9-7-15-50-33-19-29-28(18-32(33)49-5)36(47)44-14-6-8-27(44)20-38-29/h10-13,16-22,27H,6-9,14-15H2,1-5H3,(H,39,45)(H,40,46). The van der Waals surface area contributed by atoms with Gasteiger partial charge in [-0.05, 0) is 55.2 Å². The second kappa shape index (κ2) is 14.3. The molecule has 4 aromatic rings. The Morgan fingerprint density at radius 1 is 0.920 bits per heavy atom.